The Labute approximate surface area is 445 Å². The van der Waals surface area contributed by atoms with Gasteiger partial charge in [-0.05, 0) is 142 Å². The number of carbonyl (C=O) groups excluding carboxylic acids is 1. The van der Waals surface area contributed by atoms with Crippen LogP contribution in [0.4, 0.5) is 25.0 Å². The molecule has 2 fully saturated rings. The zero-order valence-corrected chi connectivity index (χ0v) is 43.3. The zero-order chi connectivity index (χ0) is 51.7. The lowest BCUT2D eigenvalue weighted by Gasteiger charge is -2.36. The molecule has 0 amide bonds. The maximum Gasteiger partial charge on any atom is 0.519 e. The number of piperazine rings is 2. The number of aromatic nitrogens is 2. The number of anilines is 2. The van der Waals surface area contributed by atoms with Crippen molar-refractivity contribution in [3.63, 3.8) is 0 Å². The first-order valence-electron chi connectivity index (χ1n) is 25.7. The molecule has 0 aliphatic carbocycles. The molecule has 15 heteroatoms. The Morgan fingerprint density at radius 1 is 0.461 bits per heavy atom. The number of thiophene rings is 2. The summed E-state index contributed by atoms with van der Waals surface area (Å²) < 4.78 is 45.4. The van der Waals surface area contributed by atoms with E-state index < -0.39 is 6.16 Å². The van der Waals surface area contributed by atoms with Crippen molar-refractivity contribution in [3.05, 3.63) is 211 Å². The molecular weight excluding hydrogens is 999 g/mol. The fraction of sp³-hybridized carbons (Fsp3) is 0.230. The van der Waals surface area contributed by atoms with Gasteiger partial charge in [0.15, 0.2) is 0 Å². The smallest absolute Gasteiger partial charge is 0.395 e. The third kappa shape index (κ3) is 10.7. The molecule has 384 valence electrons. The number of nitrogens with zero attached hydrogens (tertiary/aromatic N) is 6. The van der Waals surface area contributed by atoms with Crippen LogP contribution >= 0.6 is 22.7 Å². The van der Waals surface area contributed by atoms with E-state index in [1.807, 2.05) is 47.2 Å². The Hall–Kier alpha value is -7.69. The van der Waals surface area contributed by atoms with Gasteiger partial charge < -0.3 is 28.4 Å². The minimum absolute atomic E-state index is 0.108. The molecule has 0 unspecified atom stereocenters. The highest BCUT2D eigenvalue weighted by molar-refractivity contribution is 7.17. The quantitative estimate of drug-likeness (QED) is 0.0780. The third-order valence-electron chi connectivity index (χ3n) is 14.9. The summed E-state index contributed by atoms with van der Waals surface area (Å²) in [7, 11) is 0. The van der Waals surface area contributed by atoms with Crippen molar-refractivity contribution in [1.82, 2.24) is 18.9 Å². The summed E-state index contributed by atoms with van der Waals surface area (Å²) in [5.74, 6) is 0.200. The number of fused-ring (bicyclic) bond motifs is 4. The first-order valence-corrected chi connectivity index (χ1v) is 27.5. The highest BCUT2D eigenvalue weighted by Crippen LogP contribution is 2.34. The largest absolute Gasteiger partial charge is 0.519 e. The maximum absolute atomic E-state index is 14.4. The molecule has 6 heterocycles. The van der Waals surface area contributed by atoms with Crippen molar-refractivity contribution in [3.8, 4) is 11.5 Å². The van der Waals surface area contributed by atoms with E-state index in [0.717, 1.165) is 154 Å². The van der Waals surface area contributed by atoms with Crippen LogP contribution in [0.25, 0.3) is 42.0 Å². The normalized spacial score (nSPS) is 14.6. The Morgan fingerprint density at radius 3 is 1.28 bits per heavy atom. The summed E-state index contributed by atoms with van der Waals surface area (Å²) in [6, 6.07) is 44.3. The van der Waals surface area contributed by atoms with Crippen LogP contribution in [0.1, 0.15) is 22.3 Å². The van der Waals surface area contributed by atoms with Crippen LogP contribution in [0.15, 0.2) is 166 Å². The van der Waals surface area contributed by atoms with E-state index in [9.17, 15) is 23.2 Å². The lowest BCUT2D eigenvalue weighted by Crippen LogP contribution is -2.47. The van der Waals surface area contributed by atoms with Crippen molar-refractivity contribution in [1.29, 1.82) is 0 Å². The Kier molecular flexibility index (Phi) is 13.9. The molecule has 0 N–H and O–H groups in total. The first-order chi connectivity index (χ1) is 37.1. The molecule has 0 saturated carbocycles. The number of hydrogen-bond donors (Lipinski definition) is 0. The van der Waals surface area contributed by atoms with Crippen molar-refractivity contribution in [2.75, 3.05) is 75.2 Å². The van der Waals surface area contributed by atoms with E-state index in [1.54, 1.807) is 92.5 Å². The molecule has 6 aromatic carbocycles. The summed E-state index contributed by atoms with van der Waals surface area (Å²) in [5, 5.41) is 8.19. The number of ether oxygens (including phenoxy) is 2. The molecule has 2 aliphatic heterocycles. The van der Waals surface area contributed by atoms with Gasteiger partial charge >= 0.3 is 6.16 Å². The number of pyridine rings is 2. The van der Waals surface area contributed by atoms with Gasteiger partial charge in [0, 0.05) is 109 Å². The van der Waals surface area contributed by atoms with Crippen LogP contribution < -0.4 is 30.4 Å². The zero-order valence-electron chi connectivity index (χ0n) is 41.7. The lowest BCUT2D eigenvalue weighted by atomic mass is 10.1. The standard InChI is InChI=1S/C61H54F2N6O5S2/c62-47-35-55(51-19-31-75-57(51)37-47)66-27-23-64(24-28-66)21-17-41-1-7-45-9-15-59(70)68(53(45)33-41)39-43-3-11-49(12-4-43)73-61(72)74-50-13-5-44(6-14-50)40-69-54-34-42(2-8-46(54)10-16-60(69)71)18-22-65-25-29-67(30-26-65)56-36-48(63)38-58-52(56)20-32-76-58/h1-16,19-20,31-38H,17-18,21-30,39-40H2. The van der Waals surface area contributed by atoms with Crippen LogP contribution in [0.2, 0.25) is 0 Å². The minimum atomic E-state index is -0.891. The van der Waals surface area contributed by atoms with E-state index in [0.29, 0.717) is 24.6 Å². The van der Waals surface area contributed by atoms with Gasteiger partial charge in [-0.25, -0.2) is 13.6 Å². The van der Waals surface area contributed by atoms with E-state index in [-0.39, 0.29) is 22.8 Å². The molecule has 10 aromatic rings. The van der Waals surface area contributed by atoms with Crippen LogP contribution in [0.5, 0.6) is 11.5 Å². The molecule has 2 aliphatic rings. The molecule has 0 radical (unpaired) electrons. The van der Waals surface area contributed by atoms with E-state index >= 15 is 0 Å². The van der Waals surface area contributed by atoms with Crippen molar-refractivity contribution in [2.45, 2.75) is 25.9 Å². The average Bonchev–Trinajstić information content (AvgIpc) is 4.14. The second kappa shape index (κ2) is 21.5. The van der Waals surface area contributed by atoms with Gasteiger partial charge in [-0.3, -0.25) is 19.4 Å². The Balaban J connectivity index is 0.628. The van der Waals surface area contributed by atoms with Crippen molar-refractivity contribution in [2.24, 2.45) is 0 Å². The predicted molar refractivity (Wildman–Crippen MR) is 302 cm³/mol. The number of hydrogen-bond acceptors (Lipinski definition) is 11. The molecule has 0 bridgehead atoms. The highest BCUT2D eigenvalue weighted by atomic mass is 32.1. The molecule has 4 aromatic heterocycles. The SMILES string of the molecule is O=C(Oc1ccc(Cn2c(=O)ccc3ccc(CCN4CCN(c5cc(F)cc6sccc56)CC4)cc32)cc1)Oc1ccc(Cn2c(=O)ccc3ccc(CCN4CCN(c5cc(F)cc6sccc56)CC4)cc32)cc1. The van der Waals surface area contributed by atoms with Crippen molar-refractivity contribution < 1.29 is 23.0 Å². The lowest BCUT2D eigenvalue weighted by molar-refractivity contribution is 0.152. The first kappa shape index (κ1) is 49.2. The van der Waals surface area contributed by atoms with Crippen molar-refractivity contribution >= 4 is 82.2 Å². The fourth-order valence-electron chi connectivity index (χ4n) is 10.8. The molecule has 12 rings (SSSR count). The average molecular weight is 1050 g/mol. The summed E-state index contributed by atoms with van der Waals surface area (Å²) in [4.78, 5) is 49.0. The number of benzene rings is 6. The number of carbonyl (C=O) groups is 1. The van der Waals surface area contributed by atoms with E-state index in [2.05, 4.69) is 68.1 Å². The van der Waals surface area contributed by atoms with Gasteiger partial charge in [0.05, 0.1) is 24.1 Å². The molecular formula is C61H54F2N6O5S2. The summed E-state index contributed by atoms with van der Waals surface area (Å²) in [6.45, 7) is 9.27. The van der Waals surface area contributed by atoms with Gasteiger partial charge in [-0.15, -0.1) is 22.7 Å². The van der Waals surface area contributed by atoms with E-state index in [4.69, 9.17) is 9.47 Å². The Bertz CT molecular complexity index is 3630. The van der Waals surface area contributed by atoms with Gasteiger partial charge in [0.25, 0.3) is 11.1 Å². The molecule has 2 saturated heterocycles. The number of halogens is 2. The summed E-state index contributed by atoms with van der Waals surface area (Å²) in [6.07, 6.45) is 0.768. The van der Waals surface area contributed by atoms with Gasteiger partial charge in [0.2, 0.25) is 0 Å². The molecule has 11 nitrogen and oxygen atoms in total. The van der Waals surface area contributed by atoms with Crippen LogP contribution in [0, 0.1) is 11.6 Å². The second-order valence-corrected chi connectivity index (χ2v) is 21.6. The maximum atomic E-state index is 14.4. The highest BCUT2D eigenvalue weighted by Gasteiger charge is 2.22. The Morgan fingerprint density at radius 2 is 0.855 bits per heavy atom. The molecule has 0 atom stereocenters. The minimum Gasteiger partial charge on any atom is -0.395 e. The van der Waals surface area contributed by atoms with Gasteiger partial charge in [0.1, 0.15) is 23.1 Å². The number of rotatable bonds is 14. The fourth-order valence-corrected chi connectivity index (χ4v) is 12.4. The van der Waals surface area contributed by atoms with Gasteiger partial charge in [-0.1, -0.05) is 48.5 Å². The van der Waals surface area contributed by atoms with Crippen LogP contribution in [0.3, 0.4) is 0 Å². The van der Waals surface area contributed by atoms with Crippen LogP contribution in [-0.4, -0.2) is 90.5 Å². The van der Waals surface area contributed by atoms with Crippen LogP contribution in [-0.2, 0) is 25.9 Å². The molecule has 76 heavy (non-hydrogen) atoms. The second-order valence-electron chi connectivity index (χ2n) is 19.7. The summed E-state index contributed by atoms with van der Waals surface area (Å²) >= 11 is 3.13. The third-order valence-corrected chi connectivity index (χ3v) is 16.7. The summed E-state index contributed by atoms with van der Waals surface area (Å²) in [5.41, 5.74) is 7.44. The van der Waals surface area contributed by atoms with E-state index in [1.165, 1.54) is 0 Å². The monoisotopic (exact) mass is 1050 g/mol. The topological polar surface area (TPSA) is 92.5 Å². The predicted octanol–water partition coefficient (Wildman–Crippen LogP) is 11.4. The van der Waals surface area contributed by atoms with Gasteiger partial charge in [-0.2, -0.15) is 0 Å². The molecule has 0 spiro atoms.